The standard InChI is InChI=1S/C19H28O2/c1-10(2)11(3)19(21-12(4)20)9-15-8-16(19)18-14-6-5-13(7-14)17(15)18/h13-18H,5-9H2,1-4H3. The quantitative estimate of drug-likeness (QED) is 0.429. The van der Waals surface area contributed by atoms with Gasteiger partial charge in [-0.25, -0.2) is 0 Å². The number of rotatable bonds is 2. The zero-order valence-electron chi connectivity index (χ0n) is 13.8. The first-order chi connectivity index (χ1) is 9.94. The molecule has 0 aromatic heterocycles. The van der Waals surface area contributed by atoms with Gasteiger partial charge in [0.05, 0.1) is 0 Å². The van der Waals surface area contributed by atoms with Crippen molar-refractivity contribution in [3.8, 4) is 0 Å². The Morgan fingerprint density at radius 3 is 2.24 bits per heavy atom. The van der Waals surface area contributed by atoms with Crippen molar-refractivity contribution in [1.82, 2.24) is 0 Å². The van der Waals surface area contributed by atoms with Crippen molar-refractivity contribution in [3.63, 3.8) is 0 Å². The minimum absolute atomic E-state index is 0.0946. The van der Waals surface area contributed by atoms with Crippen molar-refractivity contribution in [2.45, 2.75) is 65.4 Å². The lowest BCUT2D eigenvalue weighted by Gasteiger charge is -2.46. The van der Waals surface area contributed by atoms with Crippen LogP contribution in [0.1, 0.15) is 59.8 Å². The number of fused-ring (bicyclic) bond motifs is 9. The van der Waals surface area contributed by atoms with Crippen LogP contribution in [0.3, 0.4) is 0 Å². The predicted octanol–water partition coefficient (Wildman–Crippen LogP) is 4.35. The van der Waals surface area contributed by atoms with Gasteiger partial charge in [0.2, 0.25) is 0 Å². The molecule has 0 aromatic rings. The molecular formula is C19H28O2. The van der Waals surface area contributed by atoms with Crippen LogP contribution < -0.4 is 0 Å². The highest BCUT2D eigenvalue weighted by Crippen LogP contribution is 2.71. The average Bonchev–Trinajstić information content (AvgIpc) is 3.14. The van der Waals surface area contributed by atoms with Crippen LogP contribution >= 0.6 is 0 Å². The van der Waals surface area contributed by atoms with Crippen LogP contribution in [0.15, 0.2) is 11.1 Å². The van der Waals surface area contributed by atoms with Crippen molar-refractivity contribution >= 4 is 5.97 Å². The Balaban J connectivity index is 1.74. The van der Waals surface area contributed by atoms with Gasteiger partial charge < -0.3 is 4.74 Å². The summed E-state index contributed by atoms with van der Waals surface area (Å²) in [5, 5.41) is 0. The van der Waals surface area contributed by atoms with Gasteiger partial charge in [-0.05, 0) is 88.0 Å². The van der Waals surface area contributed by atoms with Gasteiger partial charge >= 0.3 is 5.97 Å². The summed E-state index contributed by atoms with van der Waals surface area (Å²) in [7, 11) is 0. The highest BCUT2D eigenvalue weighted by atomic mass is 16.6. The van der Waals surface area contributed by atoms with E-state index in [0.29, 0.717) is 5.92 Å². The molecule has 7 unspecified atom stereocenters. The number of hydrogen-bond donors (Lipinski definition) is 0. The molecule has 4 aliphatic carbocycles. The average molecular weight is 288 g/mol. The number of ether oxygens (including phenoxy) is 1. The van der Waals surface area contributed by atoms with E-state index in [-0.39, 0.29) is 11.6 Å². The minimum atomic E-state index is -0.263. The van der Waals surface area contributed by atoms with Crippen molar-refractivity contribution in [2.75, 3.05) is 0 Å². The second kappa shape index (κ2) is 4.36. The van der Waals surface area contributed by atoms with Gasteiger partial charge in [-0.3, -0.25) is 4.79 Å². The maximum atomic E-state index is 11.8. The summed E-state index contributed by atoms with van der Waals surface area (Å²) >= 11 is 0. The Morgan fingerprint density at radius 1 is 0.952 bits per heavy atom. The fourth-order valence-electron chi connectivity index (χ4n) is 6.88. The second-order valence-corrected chi connectivity index (χ2v) is 8.40. The molecule has 0 radical (unpaired) electrons. The number of allylic oxidation sites excluding steroid dienone is 1. The van der Waals surface area contributed by atoms with Gasteiger partial charge in [-0.1, -0.05) is 5.57 Å². The van der Waals surface area contributed by atoms with E-state index in [2.05, 4.69) is 20.8 Å². The summed E-state index contributed by atoms with van der Waals surface area (Å²) in [4.78, 5) is 11.8. The number of carbonyl (C=O) groups excluding carboxylic acids is 1. The van der Waals surface area contributed by atoms with Crippen LogP contribution in [0, 0.1) is 35.5 Å². The highest BCUT2D eigenvalue weighted by Gasteiger charge is 2.68. The van der Waals surface area contributed by atoms with E-state index in [4.69, 9.17) is 4.74 Å². The molecule has 0 aliphatic heterocycles. The molecule has 2 nitrogen and oxygen atoms in total. The predicted molar refractivity (Wildman–Crippen MR) is 82.6 cm³/mol. The molecule has 0 heterocycles. The zero-order chi connectivity index (χ0) is 14.9. The maximum absolute atomic E-state index is 11.8. The Kier molecular flexibility index (Phi) is 2.88. The summed E-state index contributed by atoms with van der Waals surface area (Å²) in [6, 6.07) is 0. The van der Waals surface area contributed by atoms with E-state index in [1.54, 1.807) is 6.92 Å². The molecule has 0 N–H and O–H groups in total. The Bertz CT molecular complexity index is 516. The van der Waals surface area contributed by atoms with Crippen LogP contribution in [-0.4, -0.2) is 11.6 Å². The van der Waals surface area contributed by atoms with Gasteiger partial charge in [0.15, 0.2) is 0 Å². The summed E-state index contributed by atoms with van der Waals surface area (Å²) in [5.41, 5.74) is 2.41. The van der Waals surface area contributed by atoms with Crippen LogP contribution in [0.25, 0.3) is 0 Å². The molecular weight excluding hydrogens is 260 g/mol. The molecule has 21 heavy (non-hydrogen) atoms. The van der Waals surface area contributed by atoms with Gasteiger partial charge in [-0.15, -0.1) is 0 Å². The molecule has 4 bridgehead atoms. The third-order valence-corrected chi connectivity index (χ3v) is 7.49. The maximum Gasteiger partial charge on any atom is 0.303 e. The molecule has 116 valence electrons. The first kappa shape index (κ1) is 13.8. The Labute approximate surface area is 128 Å². The number of esters is 1. The summed E-state index contributed by atoms with van der Waals surface area (Å²) < 4.78 is 6.07. The molecule has 4 aliphatic rings. The Morgan fingerprint density at radius 2 is 1.62 bits per heavy atom. The van der Waals surface area contributed by atoms with E-state index in [1.807, 2.05) is 0 Å². The first-order valence-electron chi connectivity index (χ1n) is 8.78. The number of hydrogen-bond acceptors (Lipinski definition) is 2. The SMILES string of the molecule is CC(=O)OC1(C(C)=C(C)C)CC2CC1C1C3CCC(C3)C21. The van der Waals surface area contributed by atoms with Gasteiger partial charge in [0.25, 0.3) is 0 Å². The van der Waals surface area contributed by atoms with Crippen LogP contribution in [0.4, 0.5) is 0 Å². The molecule has 4 saturated carbocycles. The summed E-state index contributed by atoms with van der Waals surface area (Å²) in [6.45, 7) is 8.14. The zero-order valence-corrected chi connectivity index (χ0v) is 13.8. The summed E-state index contributed by atoms with van der Waals surface area (Å²) in [6.07, 6.45) is 6.77. The van der Waals surface area contributed by atoms with Crippen molar-refractivity contribution in [3.05, 3.63) is 11.1 Å². The van der Waals surface area contributed by atoms with Gasteiger partial charge in [0, 0.05) is 12.8 Å². The third-order valence-electron chi connectivity index (χ3n) is 7.49. The third kappa shape index (κ3) is 1.68. The molecule has 0 saturated heterocycles. The van der Waals surface area contributed by atoms with Gasteiger partial charge in [0.1, 0.15) is 5.60 Å². The number of carbonyl (C=O) groups is 1. The van der Waals surface area contributed by atoms with Crippen molar-refractivity contribution in [1.29, 1.82) is 0 Å². The molecule has 2 heteroatoms. The van der Waals surface area contributed by atoms with E-state index in [1.165, 1.54) is 36.8 Å². The van der Waals surface area contributed by atoms with Crippen LogP contribution in [-0.2, 0) is 9.53 Å². The molecule has 0 amide bonds. The lowest BCUT2D eigenvalue weighted by Crippen LogP contribution is -2.48. The lowest BCUT2D eigenvalue weighted by atomic mass is 9.63. The largest absolute Gasteiger partial charge is 0.454 e. The van der Waals surface area contributed by atoms with Crippen molar-refractivity contribution in [2.24, 2.45) is 35.5 Å². The Hall–Kier alpha value is -0.790. The normalized spacial score (nSPS) is 49.3. The lowest BCUT2D eigenvalue weighted by molar-refractivity contribution is -0.162. The second-order valence-electron chi connectivity index (χ2n) is 8.40. The fourth-order valence-corrected chi connectivity index (χ4v) is 6.88. The molecule has 0 aromatic carbocycles. The molecule has 4 rings (SSSR count). The smallest absolute Gasteiger partial charge is 0.303 e. The van der Waals surface area contributed by atoms with Gasteiger partial charge in [-0.2, -0.15) is 0 Å². The van der Waals surface area contributed by atoms with Crippen LogP contribution in [0.2, 0.25) is 0 Å². The fraction of sp³-hybridized carbons (Fsp3) is 0.842. The topological polar surface area (TPSA) is 26.3 Å². The molecule has 0 spiro atoms. The monoisotopic (exact) mass is 288 g/mol. The minimum Gasteiger partial charge on any atom is -0.454 e. The van der Waals surface area contributed by atoms with E-state index < -0.39 is 0 Å². The summed E-state index contributed by atoms with van der Waals surface area (Å²) in [5.74, 6) is 5.04. The van der Waals surface area contributed by atoms with Crippen LogP contribution in [0.5, 0.6) is 0 Å². The highest BCUT2D eigenvalue weighted by molar-refractivity contribution is 5.67. The van der Waals surface area contributed by atoms with Crippen molar-refractivity contribution < 1.29 is 9.53 Å². The molecule has 7 atom stereocenters. The first-order valence-corrected chi connectivity index (χ1v) is 8.78. The van der Waals surface area contributed by atoms with E-state index in [0.717, 1.165) is 36.0 Å². The van der Waals surface area contributed by atoms with E-state index >= 15 is 0 Å². The van der Waals surface area contributed by atoms with E-state index in [9.17, 15) is 4.79 Å². The molecule has 4 fully saturated rings.